The van der Waals surface area contributed by atoms with Crippen LogP contribution in [0.15, 0.2) is 18.3 Å². The van der Waals surface area contributed by atoms with Crippen LogP contribution in [0.4, 0.5) is 10.8 Å². The summed E-state index contributed by atoms with van der Waals surface area (Å²) in [5.74, 6) is 0. The molecule has 0 unspecified atom stereocenters. The van der Waals surface area contributed by atoms with Crippen LogP contribution in [0, 0.1) is 27.7 Å². The molecule has 0 radical (unpaired) electrons. The molecule has 0 spiro atoms. The molecule has 0 saturated carbocycles. The van der Waals surface area contributed by atoms with E-state index in [2.05, 4.69) is 59.4 Å². The number of nitrogens with zero attached hydrogens (tertiary/aromatic N) is 5. The van der Waals surface area contributed by atoms with Crippen molar-refractivity contribution in [2.24, 2.45) is 0 Å². The largest absolute Gasteiger partial charge is 0.369 e. The number of aromatic nitrogens is 4. The Labute approximate surface area is 182 Å². The van der Waals surface area contributed by atoms with Gasteiger partial charge in [-0.15, -0.1) is 11.3 Å². The second-order valence-electron chi connectivity index (χ2n) is 7.90. The Hall–Kier alpha value is -2.29. The minimum absolute atomic E-state index is 0.0412. The zero-order chi connectivity index (χ0) is 21.3. The molecule has 1 atom stereocenters. The zero-order valence-electron chi connectivity index (χ0n) is 18.4. The fourth-order valence-corrected chi connectivity index (χ4v) is 4.56. The number of aryl methyl sites for hydroxylation is 5. The normalized spacial score (nSPS) is 17.4. The summed E-state index contributed by atoms with van der Waals surface area (Å²) in [5, 5.41) is 8.93. The molecule has 8 heteroatoms. The summed E-state index contributed by atoms with van der Waals surface area (Å²) in [6.45, 7) is 14.6. The van der Waals surface area contributed by atoms with E-state index < -0.39 is 0 Å². The molecule has 0 aromatic carbocycles. The average molecular weight is 427 g/mol. The van der Waals surface area contributed by atoms with E-state index in [0.29, 0.717) is 6.61 Å². The molecule has 7 nitrogen and oxygen atoms in total. The highest BCUT2D eigenvalue weighted by Gasteiger charge is 2.24. The van der Waals surface area contributed by atoms with Crippen molar-refractivity contribution in [3.8, 4) is 0 Å². The average Bonchev–Trinajstić information content (AvgIpc) is 3.22. The number of hydrogen-bond donors (Lipinski definition) is 1. The molecule has 30 heavy (non-hydrogen) atoms. The molecule has 0 aliphatic carbocycles. The predicted octanol–water partition coefficient (Wildman–Crippen LogP) is 4.31. The summed E-state index contributed by atoms with van der Waals surface area (Å²) < 4.78 is 8.11. The number of nitrogens with one attached hydrogen (secondary N) is 1. The van der Waals surface area contributed by atoms with Crippen molar-refractivity contribution in [3.63, 3.8) is 0 Å². The third-order valence-electron chi connectivity index (χ3n) is 5.50. The van der Waals surface area contributed by atoms with E-state index >= 15 is 0 Å². The molecule has 1 fully saturated rings. The van der Waals surface area contributed by atoms with Gasteiger partial charge in [-0.1, -0.05) is 0 Å². The molecule has 1 aliphatic heterocycles. The van der Waals surface area contributed by atoms with E-state index in [1.165, 1.54) is 10.4 Å². The summed E-state index contributed by atoms with van der Waals surface area (Å²) in [7, 11) is 0. The molecule has 0 bridgehead atoms. The van der Waals surface area contributed by atoms with Crippen molar-refractivity contribution in [1.82, 2.24) is 24.6 Å². The van der Waals surface area contributed by atoms with Crippen molar-refractivity contribution in [2.45, 2.75) is 53.8 Å². The van der Waals surface area contributed by atoms with Crippen LogP contribution in [0.5, 0.6) is 0 Å². The molecule has 4 rings (SSSR count). The number of anilines is 2. The number of thiazole rings is 1. The van der Waals surface area contributed by atoms with E-state index in [4.69, 9.17) is 9.72 Å². The van der Waals surface area contributed by atoms with Crippen LogP contribution in [0.1, 0.15) is 46.2 Å². The number of morpholine rings is 1. The standard InChI is InChI=1S/C22H30N6OS/c1-6-28-12-18(16(4)26-28)11-27-7-8-29-21(13-27)20-10-19(9-14(2)23-20)25-22-24-15(3)17(5)30-22/h9-10,12,21H,6-8,11,13H2,1-5H3,(H,23,24,25)/t21-/m1/s1. The lowest BCUT2D eigenvalue weighted by molar-refractivity contribution is -0.0350. The Morgan fingerprint density at radius 2 is 2.00 bits per heavy atom. The summed E-state index contributed by atoms with van der Waals surface area (Å²) in [5.41, 5.74) is 6.41. The maximum Gasteiger partial charge on any atom is 0.187 e. The Morgan fingerprint density at radius 3 is 2.70 bits per heavy atom. The van der Waals surface area contributed by atoms with Gasteiger partial charge in [0.25, 0.3) is 0 Å². The first-order valence-electron chi connectivity index (χ1n) is 10.5. The maximum atomic E-state index is 6.11. The van der Waals surface area contributed by atoms with Gasteiger partial charge in [0, 0.05) is 54.2 Å². The highest BCUT2D eigenvalue weighted by molar-refractivity contribution is 7.15. The fourth-order valence-electron chi connectivity index (χ4n) is 3.72. The zero-order valence-corrected chi connectivity index (χ0v) is 19.2. The van der Waals surface area contributed by atoms with Crippen LogP contribution in [-0.4, -0.2) is 44.3 Å². The van der Waals surface area contributed by atoms with Gasteiger partial charge >= 0.3 is 0 Å². The first-order valence-corrected chi connectivity index (χ1v) is 11.3. The summed E-state index contributed by atoms with van der Waals surface area (Å²) in [6, 6.07) is 4.15. The van der Waals surface area contributed by atoms with Crippen molar-refractivity contribution in [3.05, 3.63) is 51.5 Å². The molecule has 3 aromatic rings. The van der Waals surface area contributed by atoms with Crippen LogP contribution in [-0.2, 0) is 17.8 Å². The van der Waals surface area contributed by atoms with E-state index in [1.54, 1.807) is 11.3 Å². The molecule has 1 aliphatic rings. The quantitative estimate of drug-likeness (QED) is 0.634. The van der Waals surface area contributed by atoms with Crippen molar-refractivity contribution >= 4 is 22.2 Å². The monoisotopic (exact) mass is 426 g/mol. The van der Waals surface area contributed by atoms with Gasteiger partial charge in [-0.2, -0.15) is 5.10 Å². The lowest BCUT2D eigenvalue weighted by Gasteiger charge is -2.32. The fraction of sp³-hybridized carbons (Fsp3) is 0.500. The Bertz CT molecular complexity index is 1010. The molecule has 1 saturated heterocycles. The summed E-state index contributed by atoms with van der Waals surface area (Å²) in [6.07, 6.45) is 2.12. The Balaban J connectivity index is 1.48. The minimum atomic E-state index is -0.0412. The van der Waals surface area contributed by atoms with Gasteiger partial charge in [0.2, 0.25) is 0 Å². The van der Waals surface area contributed by atoms with Crippen molar-refractivity contribution in [2.75, 3.05) is 25.0 Å². The van der Waals surface area contributed by atoms with Crippen LogP contribution in [0.2, 0.25) is 0 Å². The van der Waals surface area contributed by atoms with Crippen LogP contribution in [0.3, 0.4) is 0 Å². The van der Waals surface area contributed by atoms with Gasteiger partial charge in [0.1, 0.15) is 6.10 Å². The van der Waals surface area contributed by atoms with Gasteiger partial charge in [-0.25, -0.2) is 4.98 Å². The first kappa shape index (κ1) is 21.0. The second-order valence-corrected chi connectivity index (χ2v) is 9.10. The second kappa shape index (κ2) is 8.83. The SMILES string of the molecule is CCn1cc(CN2CCO[C@@H](c3cc(Nc4nc(C)c(C)s4)cc(C)n3)C2)c(C)n1. The molecule has 0 amide bonds. The summed E-state index contributed by atoms with van der Waals surface area (Å²) in [4.78, 5) is 13.0. The van der Waals surface area contributed by atoms with E-state index in [1.807, 2.05) is 18.5 Å². The molecular weight excluding hydrogens is 396 g/mol. The highest BCUT2D eigenvalue weighted by Crippen LogP contribution is 2.28. The van der Waals surface area contributed by atoms with Crippen LogP contribution in [0.25, 0.3) is 0 Å². The summed E-state index contributed by atoms with van der Waals surface area (Å²) >= 11 is 1.67. The lowest BCUT2D eigenvalue weighted by atomic mass is 10.1. The third-order valence-corrected chi connectivity index (χ3v) is 6.49. The molecule has 3 aromatic heterocycles. The number of pyridine rings is 1. The minimum Gasteiger partial charge on any atom is -0.369 e. The molecular formula is C22H30N6OS. The topological polar surface area (TPSA) is 68.1 Å². The number of rotatable bonds is 6. The van der Waals surface area contributed by atoms with E-state index in [0.717, 1.165) is 59.8 Å². The first-order chi connectivity index (χ1) is 14.4. The van der Waals surface area contributed by atoms with Gasteiger partial charge in [0.05, 0.1) is 23.7 Å². The third kappa shape index (κ3) is 4.71. The van der Waals surface area contributed by atoms with Crippen molar-refractivity contribution < 1.29 is 4.74 Å². The van der Waals surface area contributed by atoms with E-state index in [-0.39, 0.29) is 6.10 Å². The number of hydrogen-bond acceptors (Lipinski definition) is 7. The number of ether oxygens (including phenoxy) is 1. The lowest BCUT2D eigenvalue weighted by Crippen LogP contribution is -2.38. The molecule has 4 heterocycles. The van der Waals surface area contributed by atoms with Gasteiger partial charge in [0.15, 0.2) is 5.13 Å². The van der Waals surface area contributed by atoms with Crippen LogP contribution >= 0.6 is 11.3 Å². The van der Waals surface area contributed by atoms with E-state index in [9.17, 15) is 0 Å². The van der Waals surface area contributed by atoms with Crippen molar-refractivity contribution in [1.29, 1.82) is 0 Å². The maximum absolute atomic E-state index is 6.11. The Kier molecular flexibility index (Phi) is 6.17. The predicted molar refractivity (Wildman–Crippen MR) is 120 cm³/mol. The van der Waals surface area contributed by atoms with Gasteiger partial charge < -0.3 is 10.1 Å². The van der Waals surface area contributed by atoms with Crippen LogP contribution < -0.4 is 5.32 Å². The Morgan fingerprint density at radius 1 is 1.17 bits per heavy atom. The molecule has 1 N–H and O–H groups in total. The highest BCUT2D eigenvalue weighted by atomic mass is 32.1. The van der Waals surface area contributed by atoms with Gasteiger partial charge in [-0.3, -0.25) is 14.6 Å². The van der Waals surface area contributed by atoms with Gasteiger partial charge in [-0.05, 0) is 46.8 Å². The smallest absolute Gasteiger partial charge is 0.187 e. The molecule has 160 valence electrons.